The number of hydrogen-bond acceptors (Lipinski definition) is 12. The summed E-state index contributed by atoms with van der Waals surface area (Å²) in [6.07, 6.45) is 29.9. The maximum atomic E-state index is 12.3. The number of nitrogens with one attached hydrogen (secondary N) is 3. The van der Waals surface area contributed by atoms with E-state index < -0.39 is 47.3 Å². The lowest BCUT2D eigenvalue weighted by Gasteiger charge is -2.57. The van der Waals surface area contributed by atoms with Crippen LogP contribution in [0.3, 0.4) is 0 Å². The maximum Gasteiger partial charge on any atom is 0.328 e. The highest BCUT2D eigenvalue weighted by Crippen LogP contribution is 2.65. The number of carbonyl (C=O) groups excluding carboxylic acids is 3. The van der Waals surface area contributed by atoms with E-state index in [1.807, 2.05) is 109 Å². The molecule has 0 saturated heterocycles. The van der Waals surface area contributed by atoms with Crippen LogP contribution in [0.2, 0.25) is 0 Å². The van der Waals surface area contributed by atoms with Gasteiger partial charge in [-0.05, 0) is 311 Å². The second-order valence-corrected chi connectivity index (χ2v) is 31.7. The number of aliphatic carboxylic acids is 3. The number of benzene rings is 6. The Morgan fingerprint density at radius 2 is 0.716 bits per heavy atom. The minimum absolute atomic E-state index is 0.0516. The lowest BCUT2D eigenvalue weighted by molar-refractivity contribution is -0.143. The normalized spacial score (nSPS) is 27.6. The van der Waals surface area contributed by atoms with E-state index in [4.69, 9.17) is 39.9 Å². The Morgan fingerprint density at radius 3 is 1.02 bits per heavy atom. The van der Waals surface area contributed by atoms with Crippen molar-refractivity contribution in [1.29, 1.82) is 0 Å². The van der Waals surface area contributed by atoms with Crippen molar-refractivity contribution in [3.05, 3.63) is 179 Å². The zero-order valence-corrected chi connectivity index (χ0v) is 58.2. The van der Waals surface area contributed by atoms with Crippen LogP contribution in [0.5, 0.6) is 17.2 Å². The topological polar surface area (TPSA) is 288 Å². The number of carbonyl (C=O) groups is 6. The molecule has 0 aromatic heterocycles. The quantitative estimate of drug-likeness (QED) is 0.0184. The van der Waals surface area contributed by atoms with Crippen molar-refractivity contribution >= 4 is 53.9 Å². The molecule has 0 aliphatic heterocycles. The van der Waals surface area contributed by atoms with Gasteiger partial charge in [0.15, 0.2) is 18.3 Å². The smallest absolute Gasteiger partial charge is 0.328 e. The fraction of sp³-hybridized carbons (Fsp3) is 0.429. The molecule has 6 aromatic rings. The third-order valence-corrected chi connectivity index (χ3v) is 24.0. The van der Waals surface area contributed by atoms with Crippen LogP contribution >= 0.6 is 0 Å². The van der Waals surface area contributed by atoms with Crippen molar-refractivity contribution in [2.24, 2.45) is 53.3 Å². The van der Waals surface area contributed by atoms with Crippen LogP contribution in [0, 0.1) is 53.3 Å². The molecule has 12 aliphatic rings. The van der Waals surface area contributed by atoms with Gasteiger partial charge < -0.3 is 29.5 Å². The molecule has 102 heavy (non-hydrogen) atoms. The summed E-state index contributed by atoms with van der Waals surface area (Å²) >= 11 is 0. The number of carboxylic acid groups (broad SMARTS) is 3. The zero-order valence-electron chi connectivity index (χ0n) is 58.2. The van der Waals surface area contributed by atoms with Gasteiger partial charge in [-0.15, -0.1) is 0 Å². The van der Waals surface area contributed by atoms with Gasteiger partial charge in [0.2, 0.25) is 0 Å². The SMILES string of the molecule is CC(C)(Oc1ccc(-c2ccc(/C=C/C(=O)O)cc2)cc1C12CC3CC(CC(C3)C1)C2)C(=O)NO.CC(Oc1ccc(-c2ccc(/C=C/C(=O)O)cc2)cc1C12CC3CC(CC(C3)C1)C2)C(=O)NO.O=C(O)/C=C/c1ccc(-c2ccc(OCC(=O)NO)c(C34CC5CC(CC(C5)C3)C4)c2)cc1. The minimum atomic E-state index is -1.22. The van der Waals surface area contributed by atoms with Crippen LogP contribution in [0.25, 0.3) is 51.6 Å². The highest BCUT2D eigenvalue weighted by molar-refractivity contribution is 5.87. The van der Waals surface area contributed by atoms with Gasteiger partial charge in [-0.1, -0.05) is 91.0 Å². The third kappa shape index (κ3) is 15.7. The molecule has 12 saturated carbocycles. The Kier molecular flexibility index (Phi) is 20.6. The first kappa shape index (κ1) is 71.1. The summed E-state index contributed by atoms with van der Waals surface area (Å²) in [6.45, 7) is 4.75. The molecule has 0 spiro atoms. The van der Waals surface area contributed by atoms with Gasteiger partial charge in [0.05, 0.1) is 0 Å². The second kappa shape index (κ2) is 29.5. The summed E-state index contributed by atoms with van der Waals surface area (Å²) in [7, 11) is 0. The number of rotatable bonds is 21. The van der Waals surface area contributed by atoms with E-state index in [0.29, 0.717) is 5.75 Å². The molecule has 9 N–H and O–H groups in total. The van der Waals surface area contributed by atoms with Crippen LogP contribution in [-0.2, 0) is 45.0 Å². The molecule has 12 fully saturated rings. The highest BCUT2D eigenvalue weighted by Gasteiger charge is 2.56. The molecule has 18 heteroatoms. The lowest BCUT2D eigenvalue weighted by atomic mass is 9.48. The standard InChI is InChI=1S/C29H33NO5.C28H31NO5.C27H29NO5/c1-28(2,27(33)30-34)35-25-9-8-23(22-6-3-18(4-7-22)5-10-26(31)32)14-24(25)29-15-19-11-20(16-29)13-21(12-19)17-29;1-17(27(32)29-33)34-25-8-7-23(22-5-2-18(3-6-22)4-9-26(30)31)13-24(25)28-14-19-10-20(15-28)12-21(11-19)16-28;29-25(28-32)16-33-24-7-6-22(21-4-1-17(2-5-21)3-8-26(30)31)12-23(24)27-13-18-9-19(14-27)11-20(10-18)15-27/h3-10,14,19-21,34H,11-13,15-17H2,1-2H3,(H,30,33)(H,31,32);2-9,13,17,19-21,33H,10-12,14-16H2,1H3,(H,29,32)(H,30,31);1-8,12,18-20,32H,9-11,13-16H2,(H,28,29)(H,30,31)/b10-5+;9-4+;8-3+. The summed E-state index contributed by atoms with van der Waals surface area (Å²) < 4.78 is 18.3. The first-order chi connectivity index (χ1) is 49.0. The van der Waals surface area contributed by atoms with E-state index in [0.717, 1.165) is 152 Å². The molecule has 12 bridgehead atoms. The first-order valence-corrected chi connectivity index (χ1v) is 36.2. The Balaban J connectivity index is 0.000000137. The van der Waals surface area contributed by atoms with E-state index in [-0.39, 0.29) is 22.9 Å². The number of hydrogen-bond donors (Lipinski definition) is 9. The number of carboxylic acids is 3. The summed E-state index contributed by atoms with van der Waals surface area (Å²) in [4.78, 5) is 68.3. The molecular formula is C84H93N3O15. The molecule has 1 unspecified atom stereocenters. The predicted octanol–water partition coefficient (Wildman–Crippen LogP) is 15.6. The van der Waals surface area contributed by atoms with Gasteiger partial charge in [-0.3, -0.25) is 30.0 Å². The molecule has 18 nitrogen and oxygen atoms in total. The molecular weight excluding hydrogens is 1290 g/mol. The first-order valence-electron chi connectivity index (χ1n) is 36.2. The lowest BCUT2D eigenvalue weighted by Crippen LogP contribution is -2.49. The number of ether oxygens (including phenoxy) is 3. The second-order valence-electron chi connectivity index (χ2n) is 31.7. The summed E-state index contributed by atoms with van der Waals surface area (Å²) in [5.41, 5.74) is 16.4. The summed E-state index contributed by atoms with van der Waals surface area (Å²) in [5, 5.41) is 53.7. The van der Waals surface area contributed by atoms with Crippen LogP contribution < -0.4 is 30.7 Å². The third-order valence-electron chi connectivity index (χ3n) is 24.0. The van der Waals surface area contributed by atoms with Crippen molar-refractivity contribution in [2.45, 2.75) is 164 Å². The van der Waals surface area contributed by atoms with Gasteiger partial charge in [0.25, 0.3) is 17.7 Å². The Bertz CT molecular complexity index is 4120. The molecule has 1 atom stereocenters. The molecule has 0 heterocycles. The molecule has 6 aromatic carbocycles. The van der Waals surface area contributed by atoms with E-state index in [1.165, 1.54) is 113 Å². The van der Waals surface area contributed by atoms with Gasteiger partial charge in [-0.25, -0.2) is 30.8 Å². The monoisotopic (exact) mass is 1380 g/mol. The molecule has 18 rings (SSSR count). The number of amides is 3. The van der Waals surface area contributed by atoms with Gasteiger partial charge in [0.1, 0.15) is 17.2 Å². The molecule has 534 valence electrons. The highest BCUT2D eigenvalue weighted by atomic mass is 16.5. The van der Waals surface area contributed by atoms with Crippen molar-refractivity contribution in [3.63, 3.8) is 0 Å². The average Bonchev–Trinajstić information content (AvgIpc) is 0.740. The van der Waals surface area contributed by atoms with Crippen molar-refractivity contribution in [3.8, 4) is 50.6 Å². The van der Waals surface area contributed by atoms with Crippen molar-refractivity contribution in [1.82, 2.24) is 16.4 Å². The Hall–Kier alpha value is -9.36. The van der Waals surface area contributed by atoms with Crippen LogP contribution in [-0.4, -0.2) is 84.9 Å². The average molecular weight is 1380 g/mol. The predicted molar refractivity (Wildman–Crippen MR) is 385 cm³/mol. The van der Waals surface area contributed by atoms with Crippen LogP contribution in [0.1, 0.15) is 170 Å². The Morgan fingerprint density at radius 1 is 0.422 bits per heavy atom. The van der Waals surface area contributed by atoms with Gasteiger partial charge >= 0.3 is 17.9 Å². The van der Waals surface area contributed by atoms with Crippen molar-refractivity contribution in [2.75, 3.05) is 6.61 Å². The summed E-state index contributed by atoms with van der Waals surface area (Å²) in [5.74, 6) is 4.43. The van der Waals surface area contributed by atoms with E-state index in [2.05, 4.69) is 18.2 Å². The van der Waals surface area contributed by atoms with Gasteiger partial charge in [-0.2, -0.15) is 0 Å². The van der Waals surface area contributed by atoms with E-state index >= 15 is 0 Å². The van der Waals surface area contributed by atoms with Crippen LogP contribution in [0.15, 0.2) is 146 Å². The fourth-order valence-corrected chi connectivity index (χ4v) is 20.8. The molecule has 12 aliphatic carbocycles. The Labute approximate surface area is 595 Å². The minimum Gasteiger partial charge on any atom is -0.483 e. The van der Waals surface area contributed by atoms with Gasteiger partial charge in [0, 0.05) is 34.9 Å². The molecule has 3 amide bonds. The van der Waals surface area contributed by atoms with E-state index in [1.54, 1.807) is 55.4 Å². The zero-order chi connectivity index (χ0) is 71.7. The molecule has 0 radical (unpaired) electrons. The van der Waals surface area contributed by atoms with Crippen LogP contribution in [0.4, 0.5) is 0 Å². The fourth-order valence-electron chi connectivity index (χ4n) is 20.8. The van der Waals surface area contributed by atoms with E-state index in [9.17, 15) is 34.0 Å². The largest absolute Gasteiger partial charge is 0.483 e. The van der Waals surface area contributed by atoms with Crippen molar-refractivity contribution < 1.29 is 73.9 Å². The number of hydroxylamine groups is 3. The maximum absolute atomic E-state index is 12.3. The summed E-state index contributed by atoms with van der Waals surface area (Å²) in [6, 6.07) is 42.1.